The molecule has 0 saturated heterocycles. The van der Waals surface area contributed by atoms with Crippen LogP contribution in [0.1, 0.15) is 124 Å². The lowest BCUT2D eigenvalue weighted by Gasteiger charge is -2.64. The van der Waals surface area contributed by atoms with Gasteiger partial charge >= 0.3 is 11.9 Å². The van der Waals surface area contributed by atoms with E-state index in [0.29, 0.717) is 51.9 Å². The van der Waals surface area contributed by atoms with E-state index < -0.39 is 0 Å². The lowest BCUT2D eigenvalue weighted by molar-refractivity contribution is -0.218. The van der Waals surface area contributed by atoms with E-state index in [1.807, 2.05) is 19.1 Å². The first-order chi connectivity index (χ1) is 27.9. The molecule has 5 saturated carbocycles. The Morgan fingerprint density at radius 1 is 0.862 bits per heavy atom. The first-order valence-corrected chi connectivity index (χ1v) is 22.0. The van der Waals surface area contributed by atoms with Crippen molar-refractivity contribution in [1.82, 2.24) is 0 Å². The molecule has 2 unspecified atom stereocenters. The van der Waals surface area contributed by atoms with Crippen LogP contribution in [0.5, 0.6) is 5.75 Å². The summed E-state index contributed by atoms with van der Waals surface area (Å²) in [5.74, 6) is 1.64. The van der Waals surface area contributed by atoms with E-state index in [4.69, 9.17) is 28.4 Å². The SMILES string of the molecule is CCOC(=O)/C=C(\C)COc1ccc(CC2CCCCC2OC(=O)CC[C@@H](C)[C@H]2CC[C@H]3[C@@H]4[C@H](OC=O)C[C@@H]5C[C@H](OC=O)CC[C@]5(C)[C@H]4C[C@H](OC=O)[C@]23C)cc1. The van der Waals surface area contributed by atoms with Crippen LogP contribution in [0.4, 0.5) is 0 Å². The zero-order valence-corrected chi connectivity index (χ0v) is 35.3. The Labute approximate surface area is 344 Å². The first kappa shape index (κ1) is 43.7. The summed E-state index contributed by atoms with van der Waals surface area (Å²) in [6, 6.07) is 8.02. The third-order valence-electron chi connectivity index (χ3n) is 15.6. The molecule has 0 radical (unpaired) electrons. The summed E-state index contributed by atoms with van der Waals surface area (Å²) in [7, 11) is 0. The van der Waals surface area contributed by atoms with Gasteiger partial charge in [0.2, 0.25) is 0 Å². The average molecular weight is 807 g/mol. The van der Waals surface area contributed by atoms with Gasteiger partial charge in [0.25, 0.3) is 19.4 Å². The summed E-state index contributed by atoms with van der Waals surface area (Å²) in [5, 5.41) is 0. The highest BCUT2D eigenvalue weighted by Gasteiger charge is 2.67. The van der Waals surface area contributed by atoms with Gasteiger partial charge in [-0.3, -0.25) is 19.2 Å². The van der Waals surface area contributed by atoms with Crippen molar-refractivity contribution in [3.8, 4) is 5.75 Å². The molecule has 13 atom stereocenters. The van der Waals surface area contributed by atoms with E-state index in [2.05, 4.69) is 32.9 Å². The number of hydrogen-bond donors (Lipinski definition) is 0. The molecule has 0 amide bonds. The summed E-state index contributed by atoms with van der Waals surface area (Å²) in [4.78, 5) is 60.5. The number of fused-ring (bicyclic) bond motifs is 5. The highest BCUT2D eigenvalue weighted by molar-refractivity contribution is 5.82. The van der Waals surface area contributed by atoms with Crippen LogP contribution in [0.3, 0.4) is 0 Å². The van der Waals surface area contributed by atoms with Crippen LogP contribution in [0, 0.1) is 52.3 Å². The van der Waals surface area contributed by atoms with Crippen LogP contribution in [0.25, 0.3) is 0 Å². The zero-order valence-electron chi connectivity index (χ0n) is 35.3. The van der Waals surface area contributed by atoms with E-state index >= 15 is 0 Å². The van der Waals surface area contributed by atoms with Gasteiger partial charge in [0.05, 0.1) is 6.61 Å². The third kappa shape index (κ3) is 9.44. The van der Waals surface area contributed by atoms with E-state index in [-0.39, 0.29) is 88.6 Å². The van der Waals surface area contributed by atoms with E-state index in [1.165, 1.54) is 11.6 Å². The fourth-order valence-corrected chi connectivity index (χ4v) is 12.7. The topological polar surface area (TPSA) is 141 Å². The molecule has 0 spiro atoms. The molecule has 5 fully saturated rings. The first-order valence-electron chi connectivity index (χ1n) is 22.0. The van der Waals surface area contributed by atoms with Crippen molar-refractivity contribution >= 4 is 31.4 Å². The normalized spacial score (nSPS) is 36.1. The zero-order chi connectivity index (χ0) is 41.5. The molecular weight excluding hydrogens is 741 g/mol. The summed E-state index contributed by atoms with van der Waals surface area (Å²) in [6.45, 7) is 12.9. The standard InChI is InChI=1S/C47H66O11/c1-6-53-44(52)21-30(2)26-54-35-14-12-32(13-15-35)22-33-9-7-8-10-40(33)58-43(51)18-11-31(3)37-16-17-38-45-39(25-42(57-29-50)47(37,38)5)46(4)20-19-36(55-27-48)23-34(46)24-41(45)56-28-49/h12-15,21,27-29,31,33-34,36-42,45H,6-11,16-20,22-26H2,1-5H3/b30-21+/t31-,33?,34+,36-,37-,38+,39+,40?,41-,42+,45+,46+,47-/m1/s1. The Hall–Kier alpha value is -3.89. The van der Waals surface area contributed by atoms with E-state index in [0.717, 1.165) is 82.0 Å². The number of ether oxygens (including phenoxy) is 6. The number of hydrogen-bond acceptors (Lipinski definition) is 11. The van der Waals surface area contributed by atoms with Crippen molar-refractivity contribution in [1.29, 1.82) is 0 Å². The molecule has 0 N–H and O–H groups in total. The van der Waals surface area contributed by atoms with Crippen molar-refractivity contribution in [3.63, 3.8) is 0 Å². The largest absolute Gasteiger partial charge is 0.489 e. The van der Waals surface area contributed by atoms with Crippen LogP contribution in [-0.4, -0.2) is 69.0 Å². The second-order valence-corrected chi connectivity index (χ2v) is 18.6. The Bertz CT molecular complexity index is 1610. The number of carbonyl (C=O) groups is 5. The minimum absolute atomic E-state index is 0.0470. The summed E-state index contributed by atoms with van der Waals surface area (Å²) < 4.78 is 34.5. The van der Waals surface area contributed by atoms with Gasteiger partial charge in [0.1, 0.15) is 36.8 Å². The maximum Gasteiger partial charge on any atom is 0.330 e. The number of esters is 2. The van der Waals surface area contributed by atoms with Crippen LogP contribution in [0.2, 0.25) is 0 Å². The van der Waals surface area contributed by atoms with Crippen molar-refractivity contribution in [3.05, 3.63) is 41.5 Å². The number of benzene rings is 1. The molecule has 320 valence electrons. The van der Waals surface area contributed by atoms with Crippen molar-refractivity contribution in [2.75, 3.05) is 13.2 Å². The molecule has 11 nitrogen and oxygen atoms in total. The molecule has 0 aliphatic heterocycles. The smallest absolute Gasteiger partial charge is 0.330 e. The summed E-state index contributed by atoms with van der Waals surface area (Å²) in [6.07, 6.45) is 12.4. The Morgan fingerprint density at radius 3 is 2.33 bits per heavy atom. The second-order valence-electron chi connectivity index (χ2n) is 18.6. The molecule has 5 aliphatic rings. The monoisotopic (exact) mass is 806 g/mol. The van der Waals surface area contributed by atoms with Crippen LogP contribution in [-0.2, 0) is 54.1 Å². The van der Waals surface area contributed by atoms with Crippen molar-refractivity contribution < 1.29 is 52.4 Å². The molecule has 0 aromatic heterocycles. The number of carbonyl (C=O) groups excluding carboxylic acids is 5. The molecule has 6 rings (SSSR count). The molecule has 11 heteroatoms. The van der Waals surface area contributed by atoms with Gasteiger partial charge in [-0.05, 0) is 155 Å². The predicted molar refractivity (Wildman–Crippen MR) is 215 cm³/mol. The Kier molecular flexibility index (Phi) is 14.6. The quantitative estimate of drug-likeness (QED) is 0.0615. The van der Waals surface area contributed by atoms with Crippen LogP contribution < -0.4 is 4.74 Å². The lowest BCUT2D eigenvalue weighted by atomic mass is 9.43. The molecule has 1 aromatic rings. The third-order valence-corrected chi connectivity index (χ3v) is 15.6. The Morgan fingerprint density at radius 2 is 1.60 bits per heavy atom. The van der Waals surface area contributed by atoms with Gasteiger partial charge in [-0.1, -0.05) is 39.3 Å². The molecule has 1 aromatic carbocycles. The van der Waals surface area contributed by atoms with Gasteiger partial charge in [0, 0.05) is 23.8 Å². The van der Waals surface area contributed by atoms with Crippen LogP contribution >= 0.6 is 0 Å². The fraction of sp³-hybridized carbons (Fsp3) is 0.723. The molecular formula is C47H66O11. The molecule has 58 heavy (non-hydrogen) atoms. The highest BCUT2D eigenvalue weighted by atomic mass is 16.6. The van der Waals surface area contributed by atoms with Crippen molar-refractivity contribution in [2.45, 2.75) is 149 Å². The van der Waals surface area contributed by atoms with Crippen molar-refractivity contribution in [2.24, 2.45) is 52.3 Å². The highest BCUT2D eigenvalue weighted by Crippen LogP contribution is 2.69. The average Bonchev–Trinajstić information content (AvgIpc) is 3.56. The summed E-state index contributed by atoms with van der Waals surface area (Å²) in [5.41, 5.74) is 1.57. The minimum Gasteiger partial charge on any atom is -0.489 e. The minimum atomic E-state index is -0.369. The lowest BCUT2D eigenvalue weighted by Crippen LogP contribution is -2.63. The molecule has 5 aliphatic carbocycles. The van der Waals surface area contributed by atoms with Gasteiger partial charge in [-0.2, -0.15) is 0 Å². The number of rotatable bonds is 18. The van der Waals surface area contributed by atoms with Gasteiger partial charge in [-0.25, -0.2) is 4.79 Å². The predicted octanol–water partition coefficient (Wildman–Crippen LogP) is 8.14. The van der Waals surface area contributed by atoms with Crippen LogP contribution in [0.15, 0.2) is 35.9 Å². The van der Waals surface area contributed by atoms with Gasteiger partial charge < -0.3 is 28.4 Å². The summed E-state index contributed by atoms with van der Waals surface area (Å²) >= 11 is 0. The van der Waals surface area contributed by atoms with E-state index in [9.17, 15) is 24.0 Å². The molecule has 0 heterocycles. The van der Waals surface area contributed by atoms with Gasteiger partial charge in [0.15, 0.2) is 0 Å². The fourth-order valence-electron chi connectivity index (χ4n) is 12.7. The maximum atomic E-state index is 13.5. The maximum absolute atomic E-state index is 13.5. The van der Waals surface area contributed by atoms with E-state index in [1.54, 1.807) is 6.92 Å². The molecule has 0 bridgehead atoms. The van der Waals surface area contributed by atoms with Gasteiger partial charge in [-0.15, -0.1) is 0 Å². The second kappa shape index (κ2) is 19.4. The Balaban J connectivity index is 1.06.